The fourth-order valence-corrected chi connectivity index (χ4v) is 3.80. The molecule has 0 heterocycles. The highest BCUT2D eigenvalue weighted by atomic mass is 16.6. The Bertz CT molecular complexity index is 1120. The molecule has 0 aliphatic heterocycles. The highest BCUT2D eigenvalue weighted by Crippen LogP contribution is 2.31. The molecule has 0 saturated heterocycles. The number of nitrogens with two attached hydrogens (primary N) is 1. The number of anilines is 1. The SMILES string of the molecule is COc1ccc(NC(=O)C(c2ccccc2)N(C(=O)C(CC(N)=O)NC(=O)OC(C)(C)C)C(C)(C)C)cc1. The minimum atomic E-state index is -1.36. The number of hydrogen-bond donors (Lipinski definition) is 3. The van der Waals surface area contributed by atoms with Crippen molar-refractivity contribution < 1.29 is 28.7 Å². The molecule has 0 aromatic heterocycles. The number of ether oxygens (including phenoxy) is 2. The summed E-state index contributed by atoms with van der Waals surface area (Å²) in [4.78, 5) is 53.6. The Morgan fingerprint density at radius 3 is 1.97 bits per heavy atom. The van der Waals surface area contributed by atoms with E-state index < -0.39 is 53.5 Å². The number of hydrogen-bond acceptors (Lipinski definition) is 6. The van der Waals surface area contributed by atoms with Gasteiger partial charge in [0, 0.05) is 11.2 Å². The third kappa shape index (κ3) is 8.79. The van der Waals surface area contributed by atoms with Gasteiger partial charge in [0.05, 0.1) is 13.5 Å². The topological polar surface area (TPSA) is 140 Å². The van der Waals surface area contributed by atoms with Crippen LogP contribution in [-0.4, -0.2) is 53.0 Å². The van der Waals surface area contributed by atoms with E-state index in [0.29, 0.717) is 17.0 Å². The monoisotopic (exact) mass is 526 g/mol. The van der Waals surface area contributed by atoms with Crippen LogP contribution in [0.5, 0.6) is 5.75 Å². The van der Waals surface area contributed by atoms with Crippen molar-refractivity contribution in [3.8, 4) is 5.75 Å². The lowest BCUT2D eigenvalue weighted by Crippen LogP contribution is -2.58. The second kappa shape index (κ2) is 12.4. The summed E-state index contributed by atoms with van der Waals surface area (Å²) in [6.45, 7) is 10.3. The molecule has 0 spiro atoms. The summed E-state index contributed by atoms with van der Waals surface area (Å²) in [7, 11) is 1.54. The van der Waals surface area contributed by atoms with Crippen molar-refractivity contribution >= 4 is 29.5 Å². The third-order valence-electron chi connectivity index (χ3n) is 5.33. The molecule has 2 aromatic rings. The Hall–Kier alpha value is -4.08. The number of rotatable bonds is 9. The van der Waals surface area contributed by atoms with Gasteiger partial charge in [0.1, 0.15) is 23.4 Å². The molecule has 2 atom stereocenters. The minimum absolute atomic E-state index is 0.480. The first-order valence-corrected chi connectivity index (χ1v) is 12.2. The van der Waals surface area contributed by atoms with Crippen LogP contribution in [-0.2, 0) is 19.1 Å². The summed E-state index contributed by atoms with van der Waals surface area (Å²) in [6, 6.07) is 13.1. The largest absolute Gasteiger partial charge is 0.497 e. The number of alkyl carbamates (subject to hydrolysis) is 1. The van der Waals surface area contributed by atoms with Crippen LogP contribution in [0.15, 0.2) is 54.6 Å². The second-order valence-electron chi connectivity index (χ2n) is 10.8. The Labute approximate surface area is 223 Å². The van der Waals surface area contributed by atoms with Gasteiger partial charge in [-0.25, -0.2) is 4.79 Å². The molecule has 0 bridgehead atoms. The number of amides is 4. The van der Waals surface area contributed by atoms with Gasteiger partial charge in [0.2, 0.25) is 11.8 Å². The molecule has 10 nitrogen and oxygen atoms in total. The predicted octanol–water partition coefficient (Wildman–Crippen LogP) is 3.77. The average molecular weight is 527 g/mol. The molecular formula is C28H38N4O6. The van der Waals surface area contributed by atoms with E-state index in [4.69, 9.17) is 15.2 Å². The first-order valence-electron chi connectivity index (χ1n) is 12.2. The van der Waals surface area contributed by atoms with E-state index in [0.717, 1.165) is 0 Å². The lowest BCUT2D eigenvalue weighted by atomic mass is 9.95. The van der Waals surface area contributed by atoms with Crippen LogP contribution in [0.3, 0.4) is 0 Å². The Kier molecular flexibility index (Phi) is 9.87. The molecule has 10 heteroatoms. The van der Waals surface area contributed by atoms with Crippen LogP contribution >= 0.6 is 0 Å². The van der Waals surface area contributed by atoms with E-state index in [9.17, 15) is 19.2 Å². The zero-order valence-electron chi connectivity index (χ0n) is 23.0. The van der Waals surface area contributed by atoms with Gasteiger partial charge in [0.15, 0.2) is 0 Å². The van der Waals surface area contributed by atoms with Crippen LogP contribution in [0.4, 0.5) is 10.5 Å². The van der Waals surface area contributed by atoms with E-state index in [-0.39, 0.29) is 0 Å². The van der Waals surface area contributed by atoms with E-state index in [1.54, 1.807) is 103 Å². The first-order chi connectivity index (χ1) is 17.6. The second-order valence-corrected chi connectivity index (χ2v) is 10.8. The zero-order chi connectivity index (χ0) is 28.7. The van der Waals surface area contributed by atoms with Crippen molar-refractivity contribution in [2.45, 2.75) is 71.2 Å². The quantitative estimate of drug-likeness (QED) is 0.454. The lowest BCUT2D eigenvalue weighted by Gasteiger charge is -2.43. The van der Waals surface area contributed by atoms with Gasteiger partial charge >= 0.3 is 6.09 Å². The van der Waals surface area contributed by atoms with Crippen LogP contribution in [0, 0.1) is 0 Å². The van der Waals surface area contributed by atoms with Crippen molar-refractivity contribution in [3.05, 3.63) is 60.2 Å². The summed E-state index contributed by atoms with van der Waals surface area (Å²) < 4.78 is 10.5. The van der Waals surface area contributed by atoms with Crippen LogP contribution in [0.2, 0.25) is 0 Å². The van der Waals surface area contributed by atoms with E-state index in [1.165, 1.54) is 4.90 Å². The molecule has 2 unspecified atom stereocenters. The summed E-state index contributed by atoms with van der Waals surface area (Å²) in [5, 5.41) is 5.32. The molecule has 0 saturated carbocycles. The van der Waals surface area contributed by atoms with Gasteiger partial charge in [-0.15, -0.1) is 0 Å². The highest BCUT2D eigenvalue weighted by molar-refractivity contribution is 6.00. The number of methoxy groups -OCH3 is 1. The summed E-state index contributed by atoms with van der Waals surface area (Å²) in [6.07, 6.45) is -1.36. The molecule has 38 heavy (non-hydrogen) atoms. The summed E-state index contributed by atoms with van der Waals surface area (Å²) in [5.41, 5.74) is 4.71. The molecule has 206 valence electrons. The van der Waals surface area contributed by atoms with Gasteiger partial charge < -0.3 is 30.7 Å². The van der Waals surface area contributed by atoms with Crippen LogP contribution in [0.1, 0.15) is 59.6 Å². The molecule has 2 aromatic carbocycles. The van der Waals surface area contributed by atoms with Crippen molar-refractivity contribution in [1.29, 1.82) is 0 Å². The highest BCUT2D eigenvalue weighted by Gasteiger charge is 2.42. The summed E-state index contributed by atoms with van der Waals surface area (Å²) in [5.74, 6) is -1.33. The van der Waals surface area contributed by atoms with Gasteiger partial charge in [-0.05, 0) is 71.4 Å². The Morgan fingerprint density at radius 2 is 1.50 bits per heavy atom. The zero-order valence-corrected chi connectivity index (χ0v) is 23.0. The molecule has 4 amide bonds. The van der Waals surface area contributed by atoms with Crippen LogP contribution in [0.25, 0.3) is 0 Å². The molecule has 2 rings (SSSR count). The Morgan fingerprint density at radius 1 is 0.921 bits per heavy atom. The van der Waals surface area contributed by atoms with Gasteiger partial charge in [-0.2, -0.15) is 0 Å². The van der Waals surface area contributed by atoms with Crippen molar-refractivity contribution in [1.82, 2.24) is 10.2 Å². The standard InChI is InChI=1S/C28H38N4O6/c1-27(2,3)32(25(35)21(17-22(29)33)31-26(36)38-28(4,5)6)23(18-11-9-8-10-12-18)24(34)30-19-13-15-20(37-7)16-14-19/h8-16,21,23H,17H2,1-7H3,(H2,29,33)(H,30,34)(H,31,36). The van der Waals surface area contributed by atoms with Crippen molar-refractivity contribution in [2.24, 2.45) is 5.73 Å². The molecule has 0 aliphatic carbocycles. The maximum absolute atomic E-state index is 14.0. The van der Waals surface area contributed by atoms with Crippen molar-refractivity contribution in [2.75, 3.05) is 12.4 Å². The number of nitrogens with one attached hydrogen (secondary N) is 2. The van der Waals surface area contributed by atoms with E-state index in [2.05, 4.69) is 10.6 Å². The number of carbonyl (C=O) groups is 4. The Balaban J connectivity index is 2.53. The fourth-order valence-electron chi connectivity index (χ4n) is 3.80. The number of carbonyl (C=O) groups excluding carboxylic acids is 4. The van der Waals surface area contributed by atoms with Crippen LogP contribution < -0.4 is 21.1 Å². The molecule has 0 fully saturated rings. The summed E-state index contributed by atoms with van der Waals surface area (Å²) >= 11 is 0. The number of primary amides is 1. The van der Waals surface area contributed by atoms with Gasteiger partial charge in [-0.1, -0.05) is 30.3 Å². The fraction of sp³-hybridized carbons (Fsp3) is 0.429. The van der Waals surface area contributed by atoms with Crippen molar-refractivity contribution in [3.63, 3.8) is 0 Å². The normalized spacial score (nSPS) is 13.0. The van der Waals surface area contributed by atoms with E-state index >= 15 is 0 Å². The molecule has 0 aliphatic rings. The smallest absolute Gasteiger partial charge is 0.408 e. The minimum Gasteiger partial charge on any atom is -0.497 e. The van der Waals surface area contributed by atoms with Gasteiger partial charge in [0.25, 0.3) is 5.91 Å². The number of benzene rings is 2. The lowest BCUT2D eigenvalue weighted by molar-refractivity contribution is -0.147. The average Bonchev–Trinajstić information content (AvgIpc) is 2.80. The maximum atomic E-state index is 14.0. The first kappa shape index (κ1) is 30.1. The maximum Gasteiger partial charge on any atom is 0.408 e. The molecule has 0 radical (unpaired) electrons. The molecular weight excluding hydrogens is 488 g/mol. The number of nitrogens with zero attached hydrogens (tertiary/aromatic N) is 1. The van der Waals surface area contributed by atoms with E-state index in [1.807, 2.05) is 0 Å². The van der Waals surface area contributed by atoms with Gasteiger partial charge in [-0.3, -0.25) is 14.4 Å². The third-order valence-corrected chi connectivity index (χ3v) is 5.33. The predicted molar refractivity (Wildman–Crippen MR) is 144 cm³/mol. The molecule has 4 N–H and O–H groups in total.